The number of carbonyl (C=O) groups is 2. The van der Waals surface area contributed by atoms with Crippen LogP contribution >= 0.6 is 24.0 Å². The topological polar surface area (TPSA) is 60.4 Å². The van der Waals surface area contributed by atoms with Crippen molar-refractivity contribution in [2.45, 2.75) is 12.5 Å². The van der Waals surface area contributed by atoms with Gasteiger partial charge in [-0.15, -0.1) is 0 Å². The Morgan fingerprint density at radius 1 is 1.12 bits per heavy atom. The van der Waals surface area contributed by atoms with Gasteiger partial charge in [0, 0.05) is 0 Å². The molecule has 1 heterocycles. The molecule has 0 aliphatic carbocycles. The average Bonchev–Trinajstić information content (AvgIpc) is 2.88. The second-order valence-corrected chi connectivity index (χ2v) is 7.16. The Labute approximate surface area is 155 Å². The van der Waals surface area contributed by atoms with E-state index in [1.54, 1.807) is 6.08 Å². The Hall–Kier alpha value is -2.44. The lowest BCUT2D eigenvalue weighted by atomic mass is 10.0. The second kappa shape index (κ2) is 7.63. The van der Waals surface area contributed by atoms with Gasteiger partial charge in [0.1, 0.15) is 4.32 Å². The van der Waals surface area contributed by atoms with Crippen molar-refractivity contribution in [2.24, 2.45) is 0 Å². The van der Waals surface area contributed by atoms with Crippen molar-refractivity contribution >= 4 is 46.3 Å². The maximum Gasteiger partial charge on any atom is 0.266 e. The van der Waals surface area contributed by atoms with Crippen molar-refractivity contribution in [1.82, 2.24) is 4.90 Å². The zero-order valence-electron chi connectivity index (χ0n) is 13.1. The Morgan fingerprint density at radius 3 is 2.32 bits per heavy atom. The van der Waals surface area contributed by atoms with Crippen molar-refractivity contribution in [3.8, 4) is 0 Å². The molecule has 3 rings (SSSR count). The largest absolute Gasteiger partial charge is 0.548 e. The fourth-order valence-corrected chi connectivity index (χ4v) is 3.92. The summed E-state index contributed by atoms with van der Waals surface area (Å²) in [7, 11) is 0. The minimum absolute atomic E-state index is 0.147. The summed E-state index contributed by atoms with van der Waals surface area (Å²) in [6.07, 6.45) is 1.86. The fraction of sp³-hybridized carbons (Fsp3) is 0.105. The van der Waals surface area contributed by atoms with Gasteiger partial charge in [-0.25, -0.2) is 0 Å². The van der Waals surface area contributed by atoms with Crippen LogP contribution in [0, 0.1) is 0 Å². The van der Waals surface area contributed by atoms with Crippen molar-refractivity contribution in [3.63, 3.8) is 0 Å². The average molecular weight is 368 g/mol. The van der Waals surface area contributed by atoms with E-state index in [2.05, 4.69) is 0 Å². The molecule has 1 saturated heterocycles. The summed E-state index contributed by atoms with van der Waals surface area (Å²) in [5.41, 5.74) is 1.66. The van der Waals surface area contributed by atoms with E-state index in [1.807, 2.05) is 60.7 Å². The van der Waals surface area contributed by atoms with E-state index in [0.717, 1.165) is 27.8 Å². The number of thioether (sulfide) groups is 1. The van der Waals surface area contributed by atoms with Gasteiger partial charge in [-0.1, -0.05) is 84.6 Å². The lowest BCUT2D eigenvalue weighted by Crippen LogP contribution is -2.51. The highest BCUT2D eigenvalue weighted by molar-refractivity contribution is 8.26. The molecule has 0 saturated carbocycles. The zero-order chi connectivity index (χ0) is 17.8. The predicted octanol–water partition coefficient (Wildman–Crippen LogP) is 2.25. The molecule has 1 fully saturated rings. The SMILES string of the molecule is O=C([O-])[C@H](Cc1ccccc1)N1C(=O)/C(=C/c2ccccc2)SC1=S. The summed E-state index contributed by atoms with van der Waals surface area (Å²) in [6.45, 7) is 0. The third-order valence-electron chi connectivity index (χ3n) is 3.78. The molecule has 0 aromatic heterocycles. The van der Waals surface area contributed by atoms with Gasteiger partial charge < -0.3 is 9.90 Å². The van der Waals surface area contributed by atoms with Crippen molar-refractivity contribution in [3.05, 3.63) is 76.7 Å². The van der Waals surface area contributed by atoms with Gasteiger partial charge in [0.2, 0.25) is 0 Å². The number of hydrogen-bond acceptors (Lipinski definition) is 5. The van der Waals surface area contributed by atoms with Crippen LogP contribution in [0.2, 0.25) is 0 Å². The molecule has 1 amide bonds. The van der Waals surface area contributed by atoms with Crippen molar-refractivity contribution < 1.29 is 14.7 Å². The maximum absolute atomic E-state index is 12.7. The van der Waals surface area contributed by atoms with Crippen molar-refractivity contribution in [2.75, 3.05) is 0 Å². The fourth-order valence-electron chi connectivity index (χ4n) is 2.57. The Morgan fingerprint density at radius 2 is 1.72 bits per heavy atom. The minimum atomic E-state index is -1.32. The lowest BCUT2D eigenvalue weighted by Gasteiger charge is -2.27. The molecule has 2 aromatic rings. The number of carboxylic acid groups (broad SMARTS) is 1. The summed E-state index contributed by atoms with van der Waals surface area (Å²) in [4.78, 5) is 25.9. The quantitative estimate of drug-likeness (QED) is 0.598. The molecular formula is C19H14NO3S2-. The van der Waals surface area contributed by atoms with Gasteiger partial charge in [0.05, 0.1) is 16.9 Å². The van der Waals surface area contributed by atoms with Crippen LogP contribution in [0.1, 0.15) is 11.1 Å². The number of nitrogens with zero attached hydrogens (tertiary/aromatic N) is 1. The van der Waals surface area contributed by atoms with Gasteiger partial charge in [0.25, 0.3) is 5.91 Å². The van der Waals surface area contributed by atoms with Crippen LogP contribution in [0.5, 0.6) is 0 Å². The minimum Gasteiger partial charge on any atom is -0.548 e. The number of carbonyl (C=O) groups excluding carboxylic acids is 2. The standard InChI is InChI=1S/C19H15NO3S2/c21-17-16(12-14-9-5-2-6-10-14)25-19(24)20(17)15(18(22)23)11-13-7-3-1-4-8-13/h1-10,12,15H,11H2,(H,22,23)/p-1/b16-12-/t15-/m0/s1. The first-order valence-electron chi connectivity index (χ1n) is 7.63. The number of aliphatic carboxylic acids is 1. The van der Waals surface area contributed by atoms with E-state index in [1.165, 1.54) is 0 Å². The molecule has 1 aliphatic heterocycles. The van der Waals surface area contributed by atoms with E-state index in [9.17, 15) is 14.7 Å². The van der Waals surface area contributed by atoms with Crippen LogP contribution in [0.4, 0.5) is 0 Å². The molecule has 1 aliphatic rings. The molecular weight excluding hydrogens is 354 g/mol. The zero-order valence-corrected chi connectivity index (χ0v) is 14.8. The van der Waals surface area contributed by atoms with Gasteiger partial charge in [0.15, 0.2) is 0 Å². The second-order valence-electron chi connectivity index (χ2n) is 5.49. The maximum atomic E-state index is 12.7. The van der Waals surface area contributed by atoms with Gasteiger partial charge in [-0.05, 0) is 23.6 Å². The summed E-state index contributed by atoms with van der Waals surface area (Å²) >= 11 is 6.37. The first kappa shape index (κ1) is 17.4. The monoisotopic (exact) mass is 368 g/mol. The van der Waals surface area contributed by atoms with E-state index >= 15 is 0 Å². The van der Waals surface area contributed by atoms with Crippen LogP contribution in [0.25, 0.3) is 6.08 Å². The van der Waals surface area contributed by atoms with Crippen LogP contribution in [0.3, 0.4) is 0 Å². The van der Waals surface area contributed by atoms with E-state index in [-0.39, 0.29) is 10.7 Å². The highest BCUT2D eigenvalue weighted by atomic mass is 32.2. The molecule has 0 radical (unpaired) electrons. The molecule has 2 aromatic carbocycles. The van der Waals surface area contributed by atoms with Crippen LogP contribution in [-0.2, 0) is 16.0 Å². The van der Waals surface area contributed by atoms with Crippen LogP contribution < -0.4 is 5.11 Å². The Balaban J connectivity index is 1.87. The third-order valence-corrected chi connectivity index (χ3v) is 5.11. The van der Waals surface area contributed by atoms with Crippen LogP contribution in [-0.4, -0.2) is 27.1 Å². The lowest BCUT2D eigenvalue weighted by molar-refractivity contribution is -0.310. The summed E-state index contributed by atoms with van der Waals surface area (Å²) in [5, 5.41) is 11.7. The number of rotatable bonds is 5. The first-order valence-corrected chi connectivity index (χ1v) is 8.85. The molecule has 4 nitrogen and oxygen atoms in total. The highest BCUT2D eigenvalue weighted by Crippen LogP contribution is 2.34. The number of amides is 1. The smallest absolute Gasteiger partial charge is 0.266 e. The van der Waals surface area contributed by atoms with E-state index in [0.29, 0.717) is 4.91 Å². The molecule has 0 bridgehead atoms. The molecule has 0 unspecified atom stereocenters. The summed E-state index contributed by atoms with van der Waals surface area (Å²) in [6, 6.07) is 17.3. The summed E-state index contributed by atoms with van der Waals surface area (Å²) < 4.78 is 0.234. The Kier molecular flexibility index (Phi) is 5.31. The van der Waals surface area contributed by atoms with E-state index < -0.39 is 17.9 Å². The van der Waals surface area contributed by atoms with Crippen LogP contribution in [0.15, 0.2) is 65.6 Å². The highest BCUT2D eigenvalue weighted by Gasteiger charge is 2.37. The predicted molar refractivity (Wildman–Crippen MR) is 100 cm³/mol. The molecule has 25 heavy (non-hydrogen) atoms. The third kappa shape index (κ3) is 3.97. The summed E-state index contributed by atoms with van der Waals surface area (Å²) in [5.74, 6) is -1.72. The number of carboxylic acids is 1. The number of benzene rings is 2. The molecule has 0 spiro atoms. The van der Waals surface area contributed by atoms with Gasteiger partial charge >= 0.3 is 0 Å². The normalized spacial score (nSPS) is 17.1. The number of thiocarbonyl (C=S) groups is 1. The number of hydrogen-bond donors (Lipinski definition) is 0. The van der Waals surface area contributed by atoms with Crippen molar-refractivity contribution in [1.29, 1.82) is 0 Å². The Bertz CT molecular complexity index is 834. The molecule has 0 N–H and O–H groups in total. The first-order chi connectivity index (χ1) is 12.1. The molecule has 6 heteroatoms. The molecule has 126 valence electrons. The van der Waals surface area contributed by atoms with Gasteiger partial charge in [-0.3, -0.25) is 9.69 Å². The molecule has 1 atom stereocenters. The van der Waals surface area contributed by atoms with Gasteiger partial charge in [-0.2, -0.15) is 0 Å². The van der Waals surface area contributed by atoms with E-state index in [4.69, 9.17) is 12.2 Å².